The van der Waals surface area contributed by atoms with Gasteiger partial charge in [0, 0.05) is 38.4 Å². The van der Waals surface area contributed by atoms with Crippen LogP contribution in [-0.2, 0) is 27.2 Å². The second-order valence-electron chi connectivity index (χ2n) is 11.6. The maximum atomic E-state index is 13.9. The van der Waals surface area contributed by atoms with Crippen molar-refractivity contribution in [3.05, 3.63) is 83.6 Å². The van der Waals surface area contributed by atoms with Crippen LogP contribution in [0.3, 0.4) is 0 Å². The molecular weight excluding hydrogens is 623 g/mol. The molecule has 1 amide bonds. The average molecular weight is 658 g/mol. The Hall–Kier alpha value is -4.38. The summed E-state index contributed by atoms with van der Waals surface area (Å²) < 4.78 is 61.5. The molecule has 2 aromatic heterocycles. The van der Waals surface area contributed by atoms with Crippen LogP contribution < -0.4 is 0 Å². The minimum Gasteiger partial charge on any atom is -0.445 e. The highest BCUT2D eigenvalue weighted by Gasteiger charge is 2.47. The Morgan fingerprint density at radius 3 is 2.38 bits per heavy atom. The molecule has 0 saturated carbocycles. The van der Waals surface area contributed by atoms with E-state index in [1.807, 2.05) is 30.3 Å². The topological polar surface area (TPSA) is 150 Å². The molecule has 250 valence electrons. The zero-order valence-electron chi connectivity index (χ0n) is 25.4. The molecule has 4 aromatic rings. The molecule has 0 unspecified atom stereocenters. The third-order valence-electron chi connectivity index (χ3n) is 8.60. The van der Waals surface area contributed by atoms with Crippen LogP contribution in [0.2, 0.25) is 0 Å². The number of methoxy groups -OCH3 is 1. The third-order valence-corrected chi connectivity index (χ3v) is 8.60. The molecule has 13 nitrogen and oxygen atoms in total. The van der Waals surface area contributed by atoms with E-state index in [1.54, 1.807) is 15.8 Å². The fraction of sp³-hybridized carbons (Fsp3) is 0.452. The van der Waals surface area contributed by atoms with Gasteiger partial charge in [-0.05, 0) is 30.5 Å². The van der Waals surface area contributed by atoms with Gasteiger partial charge in [0.25, 0.3) is 0 Å². The number of rotatable bonds is 9. The molecule has 2 aliphatic rings. The van der Waals surface area contributed by atoms with Crippen LogP contribution >= 0.6 is 0 Å². The standard InChI is InChI=1S/C31H34F3N7O6/c1-45-30-25(47-26(16-42)29(43)28(30)41-15-24(36-38-41)19-11-22(32)27(34)23(33)12-19)13-20-14-40(37-35-20)21-7-9-39(10-8-21)31(44)46-17-18-5-3-2-4-6-18/h2-6,11-12,14-15,21,25-26,28-30,42-43H,7-10,13,16-17H2,1H3/t25-,26-,28+,29+,30+/m1/s1. The van der Waals surface area contributed by atoms with Crippen molar-refractivity contribution in [3.63, 3.8) is 0 Å². The number of likely N-dealkylation sites (tertiary alicyclic amines) is 1. The van der Waals surface area contributed by atoms with E-state index >= 15 is 0 Å². The van der Waals surface area contributed by atoms with Crippen molar-refractivity contribution >= 4 is 6.09 Å². The van der Waals surface area contributed by atoms with Crippen molar-refractivity contribution in [2.24, 2.45) is 0 Å². The molecule has 2 saturated heterocycles. The van der Waals surface area contributed by atoms with Crippen molar-refractivity contribution in [2.45, 2.75) is 62.4 Å². The summed E-state index contributed by atoms with van der Waals surface area (Å²) in [7, 11) is 1.43. The first kappa shape index (κ1) is 32.6. The zero-order chi connectivity index (χ0) is 33.1. The summed E-state index contributed by atoms with van der Waals surface area (Å²) in [5.41, 5.74) is 1.47. The van der Waals surface area contributed by atoms with Gasteiger partial charge in [-0.15, -0.1) is 10.2 Å². The van der Waals surface area contributed by atoms with Gasteiger partial charge in [-0.1, -0.05) is 40.8 Å². The lowest BCUT2D eigenvalue weighted by atomic mass is 9.90. The molecule has 0 spiro atoms. The van der Waals surface area contributed by atoms with E-state index < -0.39 is 54.5 Å². The number of carbonyl (C=O) groups is 1. The van der Waals surface area contributed by atoms with Gasteiger partial charge in [0.05, 0.1) is 30.6 Å². The van der Waals surface area contributed by atoms with Crippen LogP contribution in [-0.4, -0.2) is 102 Å². The Kier molecular flexibility index (Phi) is 9.81. The van der Waals surface area contributed by atoms with Crippen molar-refractivity contribution in [1.29, 1.82) is 0 Å². The molecule has 2 aromatic carbocycles. The molecule has 4 heterocycles. The molecule has 5 atom stereocenters. The number of amides is 1. The van der Waals surface area contributed by atoms with Gasteiger partial charge in [0.1, 0.15) is 36.7 Å². The second-order valence-corrected chi connectivity index (χ2v) is 11.6. The van der Waals surface area contributed by atoms with Gasteiger partial charge >= 0.3 is 6.09 Å². The lowest BCUT2D eigenvalue weighted by Crippen LogP contribution is -2.57. The third kappa shape index (κ3) is 7.00. The Morgan fingerprint density at radius 1 is 1.00 bits per heavy atom. The quantitative estimate of drug-likeness (QED) is 0.257. The average Bonchev–Trinajstić information content (AvgIpc) is 3.77. The SMILES string of the molecule is CO[C@@H]1[C@@H](n2cc(-c3cc(F)c(F)c(F)c3)nn2)[C@@H](O)[C@@H](CO)O[C@@H]1Cc1cn(C2CCN(C(=O)OCc3ccccc3)CC2)nn1. The molecule has 0 radical (unpaired) electrons. The predicted octanol–water partition coefficient (Wildman–Crippen LogP) is 2.85. The minimum atomic E-state index is -1.60. The van der Waals surface area contributed by atoms with E-state index in [1.165, 1.54) is 18.0 Å². The number of nitrogens with zero attached hydrogens (tertiary/aromatic N) is 7. The lowest BCUT2D eigenvalue weighted by Gasteiger charge is -2.43. The monoisotopic (exact) mass is 657 g/mol. The first-order valence-electron chi connectivity index (χ1n) is 15.2. The highest BCUT2D eigenvalue weighted by molar-refractivity contribution is 5.67. The Balaban J connectivity index is 1.11. The number of hydrogen-bond acceptors (Lipinski definition) is 10. The Morgan fingerprint density at radius 2 is 1.70 bits per heavy atom. The normalized spacial score (nSPS) is 23.6. The highest BCUT2D eigenvalue weighted by Crippen LogP contribution is 2.34. The number of carbonyl (C=O) groups excluding carboxylic acids is 1. The van der Waals surface area contributed by atoms with Crippen molar-refractivity contribution in [3.8, 4) is 11.3 Å². The predicted molar refractivity (Wildman–Crippen MR) is 157 cm³/mol. The molecule has 47 heavy (non-hydrogen) atoms. The zero-order valence-corrected chi connectivity index (χ0v) is 25.4. The van der Waals surface area contributed by atoms with Gasteiger partial charge in [-0.2, -0.15) is 0 Å². The Bertz CT molecular complexity index is 1640. The van der Waals surface area contributed by atoms with E-state index in [4.69, 9.17) is 14.2 Å². The van der Waals surface area contributed by atoms with E-state index in [-0.39, 0.29) is 36.4 Å². The summed E-state index contributed by atoms with van der Waals surface area (Å²) in [4.78, 5) is 14.2. The number of halogens is 3. The lowest BCUT2D eigenvalue weighted by molar-refractivity contribution is -0.212. The molecule has 0 bridgehead atoms. The van der Waals surface area contributed by atoms with Crippen molar-refractivity contribution < 1.29 is 42.4 Å². The van der Waals surface area contributed by atoms with Gasteiger partial charge in [-0.25, -0.2) is 27.3 Å². The number of aromatic nitrogens is 6. The van der Waals surface area contributed by atoms with E-state index in [0.29, 0.717) is 31.6 Å². The number of benzene rings is 2. The molecule has 0 aliphatic carbocycles. The summed E-state index contributed by atoms with van der Waals surface area (Å²) in [6.45, 7) is 0.693. The fourth-order valence-corrected chi connectivity index (χ4v) is 6.10. The Labute approximate surface area is 267 Å². The first-order chi connectivity index (χ1) is 22.7. The molecule has 2 fully saturated rings. The van der Waals surface area contributed by atoms with E-state index in [0.717, 1.165) is 17.7 Å². The number of piperidine rings is 1. The first-order valence-corrected chi connectivity index (χ1v) is 15.2. The van der Waals surface area contributed by atoms with Crippen molar-refractivity contribution in [1.82, 2.24) is 34.9 Å². The number of aliphatic hydroxyl groups excluding tert-OH is 2. The van der Waals surface area contributed by atoms with Crippen LogP contribution in [0.25, 0.3) is 11.3 Å². The second kappa shape index (κ2) is 14.2. The van der Waals surface area contributed by atoms with Gasteiger partial charge in [0.15, 0.2) is 17.5 Å². The van der Waals surface area contributed by atoms with Gasteiger partial charge in [0.2, 0.25) is 0 Å². The largest absolute Gasteiger partial charge is 0.445 e. The van der Waals surface area contributed by atoms with Crippen LogP contribution in [0.5, 0.6) is 0 Å². The van der Waals surface area contributed by atoms with Gasteiger partial charge < -0.3 is 29.3 Å². The van der Waals surface area contributed by atoms with Crippen LogP contribution in [0, 0.1) is 17.5 Å². The molecule has 2 N–H and O–H groups in total. The van der Waals surface area contributed by atoms with E-state index in [9.17, 15) is 28.2 Å². The molecule has 6 rings (SSSR count). The molecule has 16 heteroatoms. The highest BCUT2D eigenvalue weighted by atomic mass is 19.2. The maximum Gasteiger partial charge on any atom is 0.410 e. The van der Waals surface area contributed by atoms with Crippen LogP contribution in [0.1, 0.15) is 36.2 Å². The number of aliphatic hydroxyl groups is 2. The summed E-state index contributed by atoms with van der Waals surface area (Å²) in [5, 5.41) is 37.8. The minimum absolute atomic E-state index is 0.00869. The van der Waals surface area contributed by atoms with Crippen LogP contribution in [0.15, 0.2) is 54.9 Å². The molecule has 2 aliphatic heterocycles. The van der Waals surface area contributed by atoms with E-state index in [2.05, 4.69) is 20.6 Å². The van der Waals surface area contributed by atoms with Crippen molar-refractivity contribution in [2.75, 3.05) is 26.8 Å². The number of hydrogen-bond donors (Lipinski definition) is 2. The van der Waals surface area contributed by atoms with Gasteiger partial charge in [-0.3, -0.25) is 0 Å². The maximum absolute atomic E-state index is 13.9. The number of ether oxygens (including phenoxy) is 3. The summed E-state index contributed by atoms with van der Waals surface area (Å²) >= 11 is 0. The smallest absolute Gasteiger partial charge is 0.410 e. The summed E-state index contributed by atoms with van der Waals surface area (Å²) in [6, 6.07) is 10.2. The summed E-state index contributed by atoms with van der Waals surface area (Å²) in [6.07, 6.45) is 0.444. The fourth-order valence-electron chi connectivity index (χ4n) is 6.10. The molecular formula is C31H34F3N7O6. The summed E-state index contributed by atoms with van der Waals surface area (Å²) in [5.74, 6) is -4.36. The van der Waals surface area contributed by atoms with Crippen LogP contribution in [0.4, 0.5) is 18.0 Å².